The van der Waals surface area contributed by atoms with Crippen LogP contribution in [0.5, 0.6) is 0 Å². The minimum atomic E-state index is 0.841. The smallest absolute Gasteiger partial charge is 0.221 e. The monoisotopic (exact) mass is 540 g/mol. The zero-order valence-electron chi connectivity index (χ0n) is 22.8. The van der Waals surface area contributed by atoms with Gasteiger partial charge in [-0.15, -0.1) is 0 Å². The number of nitrogens with zero attached hydrogens (tertiary/aromatic N) is 6. The van der Waals surface area contributed by atoms with Gasteiger partial charge in [0.1, 0.15) is 5.82 Å². The third-order valence-electron chi connectivity index (χ3n) is 8.12. The van der Waals surface area contributed by atoms with Gasteiger partial charge in [-0.05, 0) is 67.1 Å². The normalized spacial score (nSPS) is 11.9. The van der Waals surface area contributed by atoms with Crippen LogP contribution in [0.15, 0.2) is 128 Å². The number of aromatic nitrogens is 6. The molecule has 6 nitrogen and oxygen atoms in total. The molecule has 0 bridgehead atoms. The lowest BCUT2D eigenvalue weighted by molar-refractivity contribution is 1.07. The topological polar surface area (TPSA) is 52.9 Å². The fraction of sp³-hybridized carbons (Fsp3) is 0.0278. The molecule has 0 aliphatic heterocycles. The van der Waals surface area contributed by atoms with Crippen molar-refractivity contribution in [2.24, 2.45) is 0 Å². The van der Waals surface area contributed by atoms with Crippen molar-refractivity contribution >= 4 is 49.8 Å². The Morgan fingerprint density at radius 1 is 0.571 bits per heavy atom. The minimum Gasteiger partial charge on any atom is -0.294 e. The van der Waals surface area contributed by atoms with Gasteiger partial charge in [0.2, 0.25) is 5.78 Å². The molecule has 0 spiro atoms. The van der Waals surface area contributed by atoms with E-state index in [2.05, 4.69) is 136 Å². The van der Waals surface area contributed by atoms with Gasteiger partial charge in [-0.25, -0.2) is 15.0 Å². The number of fused-ring (bicyclic) bond motifs is 8. The molecule has 0 unspecified atom stereocenters. The number of imidazole rings is 2. The van der Waals surface area contributed by atoms with Crippen molar-refractivity contribution < 1.29 is 0 Å². The third-order valence-corrected chi connectivity index (χ3v) is 8.12. The predicted molar refractivity (Wildman–Crippen MR) is 170 cm³/mol. The van der Waals surface area contributed by atoms with Crippen LogP contribution in [0.25, 0.3) is 72.5 Å². The molecule has 5 aromatic heterocycles. The molecule has 0 saturated carbocycles. The molecule has 0 radical (unpaired) electrons. The van der Waals surface area contributed by atoms with Crippen molar-refractivity contribution in [1.82, 2.24) is 28.5 Å². The van der Waals surface area contributed by atoms with Crippen LogP contribution in [-0.4, -0.2) is 28.5 Å². The maximum Gasteiger partial charge on any atom is 0.221 e. The summed E-state index contributed by atoms with van der Waals surface area (Å²) in [6.45, 7) is 2.07. The maximum absolute atomic E-state index is 5.20. The highest BCUT2D eigenvalue weighted by Crippen LogP contribution is 2.33. The summed E-state index contributed by atoms with van der Waals surface area (Å²) in [5.41, 5.74) is 10.3. The van der Waals surface area contributed by atoms with Crippen molar-refractivity contribution in [3.8, 4) is 22.8 Å². The third kappa shape index (κ3) is 3.23. The summed E-state index contributed by atoms with van der Waals surface area (Å²) >= 11 is 0. The molecule has 9 rings (SSSR count). The second-order valence-corrected chi connectivity index (χ2v) is 10.7. The SMILES string of the molecule is Cc1cnc2c(c1)n1c3ccccc3nc1n2-c1cccc(-c2cccc(-n3c4ccccc4c4ccccc43)n2)c1. The molecular weight excluding hydrogens is 516 g/mol. The van der Waals surface area contributed by atoms with Gasteiger partial charge < -0.3 is 0 Å². The molecule has 4 aromatic carbocycles. The summed E-state index contributed by atoms with van der Waals surface area (Å²) < 4.78 is 6.61. The Kier molecular flexibility index (Phi) is 4.72. The fourth-order valence-corrected chi connectivity index (χ4v) is 6.30. The summed E-state index contributed by atoms with van der Waals surface area (Å²) in [5, 5.41) is 2.45. The first-order valence-electron chi connectivity index (χ1n) is 14.1. The molecule has 42 heavy (non-hydrogen) atoms. The average molecular weight is 541 g/mol. The fourth-order valence-electron chi connectivity index (χ4n) is 6.30. The Balaban J connectivity index is 1.25. The first-order valence-corrected chi connectivity index (χ1v) is 14.1. The Morgan fingerprint density at radius 3 is 2.10 bits per heavy atom. The standard InChI is InChI=1S/C36H24N6/c1-23-20-33-35(37-22-23)40(36-39-29-14-4-7-18-32(29)42(33)36)25-11-8-10-24(21-25)28-15-9-19-34(38-28)41-30-16-5-2-12-26(30)27-13-3-6-17-31(27)41/h2-22H,1H3. The number of rotatable bonds is 3. The van der Waals surface area contributed by atoms with Crippen molar-refractivity contribution in [3.63, 3.8) is 0 Å². The summed E-state index contributed by atoms with van der Waals surface area (Å²) in [6, 6.07) is 42.2. The van der Waals surface area contributed by atoms with Crippen molar-refractivity contribution in [2.75, 3.05) is 0 Å². The Morgan fingerprint density at radius 2 is 1.29 bits per heavy atom. The zero-order chi connectivity index (χ0) is 27.8. The molecule has 0 aliphatic carbocycles. The first kappa shape index (κ1) is 23.0. The van der Waals surface area contributed by atoms with Crippen LogP contribution in [0.3, 0.4) is 0 Å². The van der Waals surface area contributed by atoms with Gasteiger partial charge in [0.15, 0.2) is 5.65 Å². The summed E-state index contributed by atoms with van der Waals surface area (Å²) in [6.07, 6.45) is 1.92. The van der Waals surface area contributed by atoms with Crippen LogP contribution in [0.1, 0.15) is 5.56 Å². The number of para-hydroxylation sites is 4. The predicted octanol–water partition coefficient (Wildman–Crippen LogP) is 8.29. The molecule has 198 valence electrons. The molecule has 0 aliphatic rings. The lowest BCUT2D eigenvalue weighted by atomic mass is 10.1. The van der Waals surface area contributed by atoms with Crippen molar-refractivity contribution in [2.45, 2.75) is 6.92 Å². The maximum atomic E-state index is 5.20. The van der Waals surface area contributed by atoms with Crippen LogP contribution in [0.4, 0.5) is 0 Å². The first-order chi connectivity index (χ1) is 20.7. The van der Waals surface area contributed by atoms with Gasteiger partial charge in [0.25, 0.3) is 0 Å². The molecular formula is C36H24N6. The Labute approximate surface area is 240 Å². The summed E-state index contributed by atoms with van der Waals surface area (Å²) in [5.74, 6) is 1.73. The lowest BCUT2D eigenvalue weighted by Gasteiger charge is -2.11. The number of hydrogen-bond acceptors (Lipinski definition) is 3. The average Bonchev–Trinajstić information content (AvgIpc) is 3.68. The molecule has 0 fully saturated rings. The van der Waals surface area contributed by atoms with Crippen LogP contribution in [0, 0.1) is 6.92 Å². The van der Waals surface area contributed by atoms with Crippen LogP contribution < -0.4 is 0 Å². The van der Waals surface area contributed by atoms with E-state index in [-0.39, 0.29) is 0 Å². The Bertz CT molecular complexity index is 2440. The van der Waals surface area contributed by atoms with Gasteiger partial charge in [-0.2, -0.15) is 0 Å². The second kappa shape index (κ2) is 8.62. The van der Waals surface area contributed by atoms with E-state index in [1.54, 1.807) is 0 Å². The number of benzene rings is 4. The quantitative estimate of drug-likeness (QED) is 0.227. The molecule has 9 aromatic rings. The van der Waals surface area contributed by atoms with Crippen LogP contribution in [0.2, 0.25) is 0 Å². The largest absolute Gasteiger partial charge is 0.294 e. The highest BCUT2D eigenvalue weighted by Gasteiger charge is 2.19. The molecule has 6 heteroatoms. The van der Waals surface area contributed by atoms with Crippen LogP contribution >= 0.6 is 0 Å². The van der Waals surface area contributed by atoms with Gasteiger partial charge >= 0.3 is 0 Å². The van der Waals surface area contributed by atoms with Crippen molar-refractivity contribution in [3.05, 3.63) is 133 Å². The van der Waals surface area contributed by atoms with E-state index in [1.807, 2.05) is 12.3 Å². The minimum absolute atomic E-state index is 0.841. The van der Waals surface area contributed by atoms with E-state index in [1.165, 1.54) is 10.8 Å². The van der Waals surface area contributed by atoms with E-state index in [0.29, 0.717) is 0 Å². The highest BCUT2D eigenvalue weighted by molar-refractivity contribution is 6.09. The van der Waals surface area contributed by atoms with Crippen molar-refractivity contribution in [1.29, 1.82) is 0 Å². The molecule has 0 saturated heterocycles. The van der Waals surface area contributed by atoms with Crippen LogP contribution in [-0.2, 0) is 0 Å². The molecule has 0 atom stereocenters. The molecule has 5 heterocycles. The zero-order valence-corrected chi connectivity index (χ0v) is 22.8. The van der Waals surface area contributed by atoms with E-state index < -0.39 is 0 Å². The summed E-state index contributed by atoms with van der Waals surface area (Å²) in [7, 11) is 0. The Hall–Kier alpha value is -5.75. The number of aryl methyl sites for hydroxylation is 1. The summed E-state index contributed by atoms with van der Waals surface area (Å²) in [4.78, 5) is 15.1. The van der Waals surface area contributed by atoms with E-state index in [0.717, 1.165) is 67.3 Å². The van der Waals surface area contributed by atoms with Gasteiger partial charge in [-0.1, -0.05) is 66.7 Å². The van der Waals surface area contributed by atoms with Gasteiger partial charge in [0, 0.05) is 22.5 Å². The van der Waals surface area contributed by atoms with Gasteiger partial charge in [-0.3, -0.25) is 13.5 Å². The molecule has 0 N–H and O–H groups in total. The van der Waals surface area contributed by atoms with E-state index in [4.69, 9.17) is 15.0 Å². The lowest BCUT2D eigenvalue weighted by Crippen LogP contribution is -1.99. The van der Waals surface area contributed by atoms with Gasteiger partial charge in [0.05, 0.1) is 39.0 Å². The number of hydrogen-bond donors (Lipinski definition) is 0. The van der Waals surface area contributed by atoms with E-state index >= 15 is 0 Å². The molecule has 0 amide bonds. The van der Waals surface area contributed by atoms with E-state index in [9.17, 15) is 0 Å². The number of pyridine rings is 2. The highest BCUT2D eigenvalue weighted by atomic mass is 15.2. The second-order valence-electron chi connectivity index (χ2n) is 10.7.